The molecule has 0 aliphatic heterocycles. The molecule has 0 bridgehead atoms. The van der Waals surface area contributed by atoms with Gasteiger partial charge in [0.15, 0.2) is 0 Å². The maximum atomic E-state index is 11.6. The van der Waals surface area contributed by atoms with Gasteiger partial charge in [0.2, 0.25) is 0 Å². The average molecular weight is 305 g/mol. The summed E-state index contributed by atoms with van der Waals surface area (Å²) in [6, 6.07) is 11.3. The van der Waals surface area contributed by atoms with Gasteiger partial charge in [-0.15, -0.1) is 10.1 Å². The van der Waals surface area contributed by atoms with Gasteiger partial charge in [0.05, 0.1) is 13.5 Å². The predicted octanol–water partition coefficient (Wildman–Crippen LogP) is 2.14. The van der Waals surface area contributed by atoms with Crippen LogP contribution in [0.25, 0.3) is 10.8 Å². The van der Waals surface area contributed by atoms with Gasteiger partial charge in [-0.3, -0.25) is 4.79 Å². The summed E-state index contributed by atoms with van der Waals surface area (Å²) in [7, 11) is 1.61. The van der Waals surface area contributed by atoms with Crippen LogP contribution >= 0.6 is 0 Å². The summed E-state index contributed by atoms with van der Waals surface area (Å²) < 4.78 is 10.0. The van der Waals surface area contributed by atoms with Crippen LogP contribution in [0.15, 0.2) is 36.4 Å². The molecular weight excluding hydrogens is 290 g/mol. The molecule has 0 aliphatic rings. The maximum Gasteiger partial charge on any atom is 0.310 e. The van der Waals surface area contributed by atoms with Gasteiger partial charge >= 0.3 is 5.97 Å². The quantitative estimate of drug-likeness (QED) is 0.337. The molecule has 116 valence electrons. The molecule has 0 heterocycles. The van der Waals surface area contributed by atoms with Gasteiger partial charge in [-0.1, -0.05) is 24.3 Å². The number of hydrogen-bond donors (Lipinski definition) is 0. The lowest BCUT2D eigenvalue weighted by Gasteiger charge is -2.06. The molecule has 2 rings (SSSR count). The van der Waals surface area contributed by atoms with Crippen molar-refractivity contribution in [2.24, 2.45) is 0 Å². The molecular formula is C15H15NO6. The lowest BCUT2D eigenvalue weighted by atomic mass is 10.0. The Morgan fingerprint density at radius 3 is 2.59 bits per heavy atom. The molecule has 22 heavy (non-hydrogen) atoms. The normalized spacial score (nSPS) is 10.2. The van der Waals surface area contributed by atoms with Crippen molar-refractivity contribution in [3.05, 3.63) is 52.1 Å². The second-order valence-electron chi connectivity index (χ2n) is 4.50. The third-order valence-corrected chi connectivity index (χ3v) is 3.00. The number of ether oxygens (including phenoxy) is 2. The minimum absolute atomic E-state index is 0.0977. The number of esters is 1. The van der Waals surface area contributed by atoms with Crippen molar-refractivity contribution in [2.75, 3.05) is 20.3 Å². The summed E-state index contributed by atoms with van der Waals surface area (Å²) in [6.45, 7) is -0.416. The molecule has 2 aromatic rings. The van der Waals surface area contributed by atoms with Gasteiger partial charge in [0.1, 0.15) is 19.0 Å². The fourth-order valence-corrected chi connectivity index (χ4v) is 2.00. The topological polar surface area (TPSA) is 87.9 Å². The van der Waals surface area contributed by atoms with Crippen LogP contribution in [0, 0.1) is 10.1 Å². The summed E-state index contributed by atoms with van der Waals surface area (Å²) in [4.78, 5) is 25.6. The van der Waals surface area contributed by atoms with E-state index in [9.17, 15) is 14.9 Å². The van der Waals surface area contributed by atoms with Crippen molar-refractivity contribution >= 4 is 16.7 Å². The van der Waals surface area contributed by atoms with Crippen molar-refractivity contribution in [3.8, 4) is 5.75 Å². The molecule has 0 unspecified atom stereocenters. The number of hydrogen-bond acceptors (Lipinski definition) is 6. The number of rotatable bonds is 7. The summed E-state index contributed by atoms with van der Waals surface area (Å²) in [5.74, 6) is 0.310. The number of fused-ring (bicyclic) bond motifs is 1. The van der Waals surface area contributed by atoms with Crippen LogP contribution in [0.5, 0.6) is 5.75 Å². The Balaban J connectivity index is 1.93. The first-order valence-corrected chi connectivity index (χ1v) is 6.58. The minimum atomic E-state index is -0.925. The highest BCUT2D eigenvalue weighted by molar-refractivity contribution is 5.85. The Bertz CT molecular complexity index is 685. The van der Waals surface area contributed by atoms with E-state index in [1.165, 1.54) is 0 Å². The fourth-order valence-electron chi connectivity index (χ4n) is 2.00. The monoisotopic (exact) mass is 305 g/mol. The van der Waals surface area contributed by atoms with Crippen LogP contribution in [0.2, 0.25) is 0 Å². The van der Waals surface area contributed by atoms with Gasteiger partial charge in [-0.05, 0) is 28.5 Å². The molecule has 0 spiro atoms. The molecule has 2 aromatic carbocycles. The Morgan fingerprint density at radius 2 is 1.86 bits per heavy atom. The molecule has 7 heteroatoms. The van der Waals surface area contributed by atoms with Crippen LogP contribution in [0.1, 0.15) is 5.56 Å². The van der Waals surface area contributed by atoms with E-state index >= 15 is 0 Å². The zero-order valence-corrected chi connectivity index (χ0v) is 12.0. The lowest BCUT2D eigenvalue weighted by molar-refractivity contribution is -0.757. The average Bonchev–Trinajstić information content (AvgIpc) is 2.51. The van der Waals surface area contributed by atoms with Gasteiger partial charge in [-0.25, -0.2) is 0 Å². The van der Waals surface area contributed by atoms with Crippen LogP contribution in [-0.4, -0.2) is 31.4 Å². The predicted molar refractivity (Wildman–Crippen MR) is 78.1 cm³/mol. The smallest absolute Gasteiger partial charge is 0.310 e. The van der Waals surface area contributed by atoms with E-state index in [-0.39, 0.29) is 19.6 Å². The molecule has 0 amide bonds. The van der Waals surface area contributed by atoms with E-state index in [1.807, 2.05) is 36.4 Å². The molecule has 0 aliphatic carbocycles. The molecule has 0 saturated carbocycles. The molecule has 0 fully saturated rings. The molecule has 0 saturated heterocycles. The first kappa shape index (κ1) is 15.6. The Kier molecular flexibility index (Phi) is 5.13. The Hall–Kier alpha value is -2.83. The molecule has 0 aromatic heterocycles. The van der Waals surface area contributed by atoms with Crippen molar-refractivity contribution < 1.29 is 24.2 Å². The van der Waals surface area contributed by atoms with Crippen LogP contribution in [0.4, 0.5) is 0 Å². The first-order chi connectivity index (χ1) is 10.6. The van der Waals surface area contributed by atoms with E-state index in [0.29, 0.717) is 0 Å². The van der Waals surface area contributed by atoms with Crippen molar-refractivity contribution in [1.82, 2.24) is 0 Å². The molecule has 0 radical (unpaired) electrons. The highest BCUT2D eigenvalue weighted by Gasteiger charge is 2.07. The van der Waals surface area contributed by atoms with Crippen LogP contribution < -0.4 is 4.74 Å². The number of carbonyl (C=O) groups is 1. The van der Waals surface area contributed by atoms with E-state index in [0.717, 1.165) is 22.1 Å². The minimum Gasteiger partial charge on any atom is -0.497 e. The van der Waals surface area contributed by atoms with E-state index < -0.39 is 11.1 Å². The maximum absolute atomic E-state index is 11.6. The summed E-state index contributed by atoms with van der Waals surface area (Å²) in [5, 5.41) is 11.0. The highest BCUT2D eigenvalue weighted by atomic mass is 17.0. The van der Waals surface area contributed by atoms with Crippen LogP contribution in [0.3, 0.4) is 0 Å². The zero-order valence-electron chi connectivity index (χ0n) is 12.0. The Labute approximate surface area is 126 Å². The number of benzene rings is 2. The summed E-state index contributed by atoms with van der Waals surface area (Å²) in [6.07, 6.45) is 0.0977. The Morgan fingerprint density at radius 1 is 1.14 bits per heavy atom. The second-order valence-corrected chi connectivity index (χ2v) is 4.50. The molecule has 0 N–H and O–H groups in total. The van der Waals surface area contributed by atoms with Gasteiger partial charge in [0.25, 0.3) is 5.09 Å². The number of carbonyl (C=O) groups excluding carboxylic acids is 1. The first-order valence-electron chi connectivity index (χ1n) is 6.58. The second kappa shape index (κ2) is 7.26. The third kappa shape index (κ3) is 4.34. The van der Waals surface area contributed by atoms with Crippen molar-refractivity contribution in [1.29, 1.82) is 0 Å². The van der Waals surface area contributed by atoms with Crippen molar-refractivity contribution in [2.45, 2.75) is 6.42 Å². The molecule has 7 nitrogen and oxygen atoms in total. The number of nitrogens with zero attached hydrogens (tertiary/aromatic N) is 1. The van der Waals surface area contributed by atoms with Crippen LogP contribution in [-0.2, 0) is 20.8 Å². The van der Waals surface area contributed by atoms with E-state index in [1.54, 1.807) is 7.11 Å². The third-order valence-electron chi connectivity index (χ3n) is 3.00. The van der Waals surface area contributed by atoms with E-state index in [2.05, 4.69) is 4.84 Å². The lowest BCUT2D eigenvalue weighted by Crippen LogP contribution is -2.14. The zero-order chi connectivity index (χ0) is 15.9. The molecule has 0 atom stereocenters. The van der Waals surface area contributed by atoms with Gasteiger partial charge in [0, 0.05) is 0 Å². The largest absolute Gasteiger partial charge is 0.497 e. The SMILES string of the molecule is COc1ccc2cc(CC(=O)OCCO[N+](=O)[O-])ccc2c1. The highest BCUT2D eigenvalue weighted by Crippen LogP contribution is 2.22. The summed E-state index contributed by atoms with van der Waals surface area (Å²) >= 11 is 0. The van der Waals surface area contributed by atoms with Gasteiger partial charge in [-0.2, -0.15) is 0 Å². The van der Waals surface area contributed by atoms with E-state index in [4.69, 9.17) is 9.47 Å². The van der Waals surface area contributed by atoms with Gasteiger partial charge < -0.3 is 14.3 Å². The summed E-state index contributed by atoms with van der Waals surface area (Å²) in [5.41, 5.74) is 0.804. The fraction of sp³-hybridized carbons (Fsp3) is 0.267. The number of methoxy groups -OCH3 is 1. The standard InChI is InChI=1S/C15H15NO6/c1-20-14-5-4-12-8-11(2-3-13(12)10-14)9-15(17)21-6-7-22-16(18)19/h2-5,8,10H,6-7,9H2,1H3. The van der Waals surface area contributed by atoms with Crippen molar-refractivity contribution in [3.63, 3.8) is 0 Å².